The first-order valence-corrected chi connectivity index (χ1v) is 11.2. The molecule has 0 atom stereocenters. The lowest BCUT2D eigenvalue weighted by Crippen LogP contribution is -2.02. The van der Waals surface area contributed by atoms with Gasteiger partial charge in [0.25, 0.3) is 0 Å². The molecule has 0 spiro atoms. The number of aryl methyl sites for hydroxylation is 1. The van der Waals surface area contributed by atoms with E-state index in [2.05, 4.69) is 25.5 Å². The van der Waals surface area contributed by atoms with Crippen LogP contribution in [0.15, 0.2) is 93.3 Å². The number of hydrogen-bond acceptors (Lipinski definition) is 8. The molecular formula is C23H17N5O3S. The molecule has 3 aromatic carbocycles. The van der Waals surface area contributed by atoms with Gasteiger partial charge in [-0.3, -0.25) is 0 Å². The van der Waals surface area contributed by atoms with Crippen LogP contribution < -0.4 is 5.32 Å². The number of anilines is 2. The van der Waals surface area contributed by atoms with Gasteiger partial charge < -0.3 is 9.73 Å². The van der Waals surface area contributed by atoms with Crippen LogP contribution in [0.4, 0.5) is 11.5 Å². The Balaban J connectivity index is 1.47. The number of hydrogen-bond donors (Lipinski definition) is 1. The first-order chi connectivity index (χ1) is 15.5. The minimum absolute atomic E-state index is 0.218. The lowest BCUT2D eigenvalue weighted by molar-refractivity contribution is 0.533. The Morgan fingerprint density at radius 2 is 1.59 bits per heavy atom. The highest BCUT2D eigenvalue weighted by Crippen LogP contribution is 2.29. The van der Waals surface area contributed by atoms with Gasteiger partial charge >= 0.3 is 0 Å². The lowest BCUT2D eigenvalue weighted by atomic mass is 10.1. The van der Waals surface area contributed by atoms with E-state index in [0.717, 1.165) is 16.5 Å². The smallest absolute Gasteiger partial charge is 0.247 e. The number of sulfone groups is 1. The summed E-state index contributed by atoms with van der Waals surface area (Å²) in [6, 6.07) is 20.5. The number of nitrogens with one attached hydrogen (secondary N) is 1. The van der Waals surface area contributed by atoms with E-state index in [0.29, 0.717) is 23.3 Å². The Bertz CT molecular complexity index is 1510. The summed E-state index contributed by atoms with van der Waals surface area (Å²) in [5, 5.41) is 11.9. The number of rotatable bonds is 5. The van der Waals surface area contributed by atoms with E-state index in [4.69, 9.17) is 4.42 Å². The van der Waals surface area contributed by atoms with Crippen LogP contribution in [0, 0.1) is 6.92 Å². The van der Waals surface area contributed by atoms with Crippen LogP contribution >= 0.6 is 0 Å². The molecule has 0 bridgehead atoms. The van der Waals surface area contributed by atoms with Gasteiger partial charge in [0.1, 0.15) is 12.1 Å². The van der Waals surface area contributed by atoms with Crippen LogP contribution in [0.2, 0.25) is 0 Å². The minimum atomic E-state index is -3.57. The SMILES string of the molecule is Cc1nnc(-c2ccc3ncnc(Nc4ccc(S(=O)(=O)c5ccccc5)cc4)c3c2)o1. The van der Waals surface area contributed by atoms with Gasteiger partial charge in [-0.25, -0.2) is 18.4 Å². The molecule has 0 unspecified atom stereocenters. The minimum Gasteiger partial charge on any atom is -0.421 e. The third kappa shape index (κ3) is 3.69. The molecule has 32 heavy (non-hydrogen) atoms. The summed E-state index contributed by atoms with van der Waals surface area (Å²) in [6.07, 6.45) is 1.47. The molecule has 9 heteroatoms. The number of aromatic nitrogens is 4. The van der Waals surface area contributed by atoms with Gasteiger partial charge in [0, 0.05) is 23.6 Å². The molecule has 0 amide bonds. The van der Waals surface area contributed by atoms with Gasteiger partial charge in [0.2, 0.25) is 21.6 Å². The molecule has 2 aromatic heterocycles. The fourth-order valence-electron chi connectivity index (χ4n) is 3.29. The summed E-state index contributed by atoms with van der Waals surface area (Å²) in [5.74, 6) is 1.47. The molecule has 0 saturated carbocycles. The van der Waals surface area contributed by atoms with Crippen LogP contribution in [0.3, 0.4) is 0 Å². The summed E-state index contributed by atoms with van der Waals surface area (Å²) in [6.45, 7) is 1.73. The summed E-state index contributed by atoms with van der Waals surface area (Å²) in [7, 11) is -3.57. The van der Waals surface area contributed by atoms with Crippen molar-refractivity contribution in [2.24, 2.45) is 0 Å². The zero-order valence-corrected chi connectivity index (χ0v) is 17.7. The lowest BCUT2D eigenvalue weighted by Gasteiger charge is -2.10. The van der Waals surface area contributed by atoms with Crippen molar-refractivity contribution in [3.05, 3.63) is 85.0 Å². The quantitative estimate of drug-likeness (QED) is 0.421. The van der Waals surface area contributed by atoms with Crippen molar-refractivity contribution in [3.63, 3.8) is 0 Å². The van der Waals surface area contributed by atoms with Crippen LogP contribution in [-0.4, -0.2) is 28.6 Å². The van der Waals surface area contributed by atoms with E-state index in [1.807, 2.05) is 18.2 Å². The predicted octanol–water partition coefficient (Wildman–Crippen LogP) is 4.56. The average molecular weight is 443 g/mol. The van der Waals surface area contributed by atoms with Gasteiger partial charge in [-0.1, -0.05) is 18.2 Å². The van der Waals surface area contributed by atoms with E-state index in [1.54, 1.807) is 61.5 Å². The Kier molecular flexibility index (Phi) is 4.87. The van der Waals surface area contributed by atoms with Crippen molar-refractivity contribution in [2.45, 2.75) is 16.7 Å². The molecule has 0 saturated heterocycles. The summed E-state index contributed by atoms with van der Waals surface area (Å²) < 4.78 is 31.1. The second-order valence-corrected chi connectivity index (χ2v) is 9.00. The third-order valence-corrected chi connectivity index (χ3v) is 6.67. The van der Waals surface area contributed by atoms with E-state index in [-0.39, 0.29) is 9.79 Å². The fourth-order valence-corrected chi connectivity index (χ4v) is 4.57. The van der Waals surface area contributed by atoms with Gasteiger partial charge in [0.05, 0.1) is 15.3 Å². The fraction of sp³-hybridized carbons (Fsp3) is 0.0435. The van der Waals surface area contributed by atoms with Crippen LogP contribution in [0.5, 0.6) is 0 Å². The van der Waals surface area contributed by atoms with Gasteiger partial charge in [-0.15, -0.1) is 10.2 Å². The van der Waals surface area contributed by atoms with E-state index in [1.165, 1.54) is 6.33 Å². The Hall–Kier alpha value is -4.11. The number of benzene rings is 3. The second-order valence-electron chi connectivity index (χ2n) is 7.05. The zero-order valence-electron chi connectivity index (χ0n) is 16.9. The standard InChI is InChI=1S/C23H17N5O3S/c1-15-27-28-23(31-15)16-7-12-21-20(13-16)22(25-14-24-21)26-17-8-10-19(11-9-17)32(29,30)18-5-3-2-4-6-18/h2-14H,1H3,(H,24,25,26). The molecule has 5 rings (SSSR count). The second kappa shape index (κ2) is 7.86. The molecule has 0 radical (unpaired) electrons. The number of nitrogens with zero attached hydrogens (tertiary/aromatic N) is 4. The third-order valence-electron chi connectivity index (χ3n) is 4.89. The largest absolute Gasteiger partial charge is 0.421 e. The van der Waals surface area contributed by atoms with E-state index >= 15 is 0 Å². The molecule has 158 valence electrons. The molecule has 0 aliphatic rings. The summed E-state index contributed by atoms with van der Waals surface area (Å²) in [4.78, 5) is 9.13. The highest BCUT2D eigenvalue weighted by atomic mass is 32.2. The maximum Gasteiger partial charge on any atom is 0.247 e. The maximum atomic E-state index is 12.8. The Morgan fingerprint density at radius 3 is 2.31 bits per heavy atom. The number of fused-ring (bicyclic) bond motifs is 1. The summed E-state index contributed by atoms with van der Waals surface area (Å²) >= 11 is 0. The molecular weight excluding hydrogens is 426 g/mol. The Labute approximate surface area is 183 Å². The van der Waals surface area contributed by atoms with Crippen molar-refractivity contribution in [1.29, 1.82) is 0 Å². The maximum absolute atomic E-state index is 12.8. The van der Waals surface area contributed by atoms with Gasteiger partial charge in [0.15, 0.2) is 0 Å². The van der Waals surface area contributed by atoms with Crippen LogP contribution in [0.25, 0.3) is 22.4 Å². The highest BCUT2D eigenvalue weighted by molar-refractivity contribution is 7.91. The van der Waals surface area contributed by atoms with Crippen molar-refractivity contribution in [1.82, 2.24) is 20.2 Å². The Morgan fingerprint density at radius 1 is 0.844 bits per heavy atom. The normalized spacial score (nSPS) is 11.5. The van der Waals surface area contributed by atoms with Gasteiger partial charge in [-0.2, -0.15) is 0 Å². The predicted molar refractivity (Wildman–Crippen MR) is 119 cm³/mol. The zero-order chi connectivity index (χ0) is 22.1. The van der Waals surface area contributed by atoms with Gasteiger partial charge in [-0.05, 0) is 54.6 Å². The molecule has 8 nitrogen and oxygen atoms in total. The molecule has 2 heterocycles. The van der Waals surface area contributed by atoms with Crippen molar-refractivity contribution in [3.8, 4) is 11.5 Å². The molecule has 0 aliphatic carbocycles. The monoisotopic (exact) mass is 443 g/mol. The highest BCUT2D eigenvalue weighted by Gasteiger charge is 2.17. The van der Waals surface area contributed by atoms with Crippen LogP contribution in [0.1, 0.15) is 5.89 Å². The average Bonchev–Trinajstić information content (AvgIpc) is 3.26. The molecule has 0 aliphatic heterocycles. The topological polar surface area (TPSA) is 111 Å². The molecule has 5 aromatic rings. The molecule has 0 fully saturated rings. The summed E-state index contributed by atoms with van der Waals surface area (Å²) in [5.41, 5.74) is 2.18. The first kappa shape index (κ1) is 19.8. The molecule has 1 N–H and O–H groups in total. The van der Waals surface area contributed by atoms with Crippen molar-refractivity contribution in [2.75, 3.05) is 5.32 Å². The van der Waals surface area contributed by atoms with Crippen molar-refractivity contribution < 1.29 is 12.8 Å². The van der Waals surface area contributed by atoms with Crippen LogP contribution in [-0.2, 0) is 9.84 Å². The van der Waals surface area contributed by atoms with E-state index < -0.39 is 9.84 Å². The van der Waals surface area contributed by atoms with Crippen molar-refractivity contribution >= 4 is 32.2 Å². The van der Waals surface area contributed by atoms with E-state index in [9.17, 15) is 8.42 Å². The first-order valence-electron chi connectivity index (χ1n) is 9.73.